The summed E-state index contributed by atoms with van der Waals surface area (Å²) in [5, 5.41) is 3.42. The predicted octanol–water partition coefficient (Wildman–Crippen LogP) is 4.66. The van der Waals surface area contributed by atoms with Gasteiger partial charge in [0, 0.05) is 29.7 Å². The van der Waals surface area contributed by atoms with Gasteiger partial charge in [0.05, 0.1) is 18.0 Å². The number of hydrogen-bond acceptors (Lipinski definition) is 4. The first-order valence-corrected chi connectivity index (χ1v) is 11.8. The summed E-state index contributed by atoms with van der Waals surface area (Å²) >= 11 is 5.87. The molecule has 0 aliphatic rings. The molecule has 0 fully saturated rings. The van der Waals surface area contributed by atoms with Crippen LogP contribution >= 0.6 is 11.6 Å². The Bertz CT molecular complexity index is 1180. The van der Waals surface area contributed by atoms with E-state index in [4.69, 9.17) is 16.3 Å². The van der Waals surface area contributed by atoms with Gasteiger partial charge in [0.15, 0.2) is 0 Å². The molecule has 1 unspecified atom stereocenters. The summed E-state index contributed by atoms with van der Waals surface area (Å²) in [7, 11) is -0.765. The van der Waals surface area contributed by atoms with E-state index in [1.807, 2.05) is 37.3 Å². The largest absolute Gasteiger partial charge is 0.496 e. The second-order valence-electron chi connectivity index (χ2n) is 7.35. The van der Waals surface area contributed by atoms with Crippen LogP contribution in [0.5, 0.6) is 5.75 Å². The van der Waals surface area contributed by atoms with Crippen LogP contribution in [0.2, 0.25) is 5.02 Å². The van der Waals surface area contributed by atoms with Gasteiger partial charge in [0.25, 0.3) is 5.91 Å². The highest BCUT2D eigenvalue weighted by Gasteiger charge is 2.23. The van der Waals surface area contributed by atoms with Crippen LogP contribution in [-0.2, 0) is 16.6 Å². The lowest BCUT2D eigenvalue weighted by atomic mass is 10.1. The third-order valence-electron chi connectivity index (χ3n) is 5.10. The Hall–Kier alpha value is -2.87. The third-order valence-corrected chi connectivity index (χ3v) is 7.17. The number of sulfonamides is 1. The Morgan fingerprint density at radius 1 is 1.06 bits per heavy atom. The number of rotatable bonds is 8. The van der Waals surface area contributed by atoms with Crippen LogP contribution in [0, 0.1) is 0 Å². The normalized spacial score (nSPS) is 12.4. The Kier molecular flexibility index (Phi) is 7.56. The van der Waals surface area contributed by atoms with Crippen molar-refractivity contribution in [3.63, 3.8) is 0 Å². The molecule has 3 aromatic rings. The van der Waals surface area contributed by atoms with Gasteiger partial charge in [-0.1, -0.05) is 41.9 Å². The minimum absolute atomic E-state index is 0.0312. The molecule has 6 nitrogen and oxygen atoms in total. The SMILES string of the molecule is COc1ccc(C(=O)NC(C)c2ccccc2)cc1CN(C)S(=O)(=O)c1ccc(Cl)cc1. The van der Waals surface area contributed by atoms with Crippen LogP contribution in [0.25, 0.3) is 0 Å². The van der Waals surface area contributed by atoms with Crippen molar-refractivity contribution in [1.82, 2.24) is 9.62 Å². The van der Waals surface area contributed by atoms with Crippen LogP contribution in [0.3, 0.4) is 0 Å². The van der Waals surface area contributed by atoms with Crippen LogP contribution < -0.4 is 10.1 Å². The highest BCUT2D eigenvalue weighted by molar-refractivity contribution is 7.89. The quantitative estimate of drug-likeness (QED) is 0.517. The number of nitrogens with one attached hydrogen (secondary N) is 1. The lowest BCUT2D eigenvalue weighted by molar-refractivity contribution is 0.0939. The van der Waals surface area contributed by atoms with E-state index in [1.54, 1.807) is 18.2 Å². The smallest absolute Gasteiger partial charge is 0.251 e. The van der Waals surface area contributed by atoms with E-state index in [9.17, 15) is 13.2 Å². The highest BCUT2D eigenvalue weighted by Crippen LogP contribution is 2.25. The van der Waals surface area contributed by atoms with Crippen LogP contribution in [0.1, 0.15) is 34.5 Å². The van der Waals surface area contributed by atoms with E-state index < -0.39 is 10.0 Å². The average molecular weight is 473 g/mol. The number of benzene rings is 3. The molecule has 0 aliphatic carbocycles. The van der Waals surface area contributed by atoms with Gasteiger partial charge in [-0.25, -0.2) is 8.42 Å². The summed E-state index contributed by atoms with van der Waals surface area (Å²) in [5.41, 5.74) is 1.98. The van der Waals surface area contributed by atoms with Gasteiger partial charge in [-0.3, -0.25) is 4.79 Å². The van der Waals surface area contributed by atoms with Gasteiger partial charge in [-0.05, 0) is 55.0 Å². The number of nitrogens with zero attached hydrogens (tertiary/aromatic N) is 1. The van der Waals surface area contributed by atoms with Crippen LogP contribution in [0.4, 0.5) is 0 Å². The van der Waals surface area contributed by atoms with Crippen molar-refractivity contribution in [2.75, 3.05) is 14.2 Å². The van der Waals surface area contributed by atoms with Gasteiger partial charge in [-0.15, -0.1) is 0 Å². The first-order valence-electron chi connectivity index (χ1n) is 9.97. The Balaban J connectivity index is 1.81. The number of amides is 1. The molecule has 3 rings (SSSR count). The van der Waals surface area contributed by atoms with Gasteiger partial charge in [-0.2, -0.15) is 4.31 Å². The van der Waals surface area contributed by atoms with Crippen molar-refractivity contribution in [2.45, 2.75) is 24.4 Å². The zero-order valence-corrected chi connectivity index (χ0v) is 19.7. The molecular formula is C24H25ClN2O4S. The van der Waals surface area contributed by atoms with E-state index in [0.29, 0.717) is 21.9 Å². The summed E-state index contributed by atoms with van der Waals surface area (Å²) in [4.78, 5) is 13.0. The maximum absolute atomic E-state index is 12.9. The number of methoxy groups -OCH3 is 1. The Labute approximate surface area is 193 Å². The van der Waals surface area contributed by atoms with E-state index >= 15 is 0 Å². The molecule has 0 saturated carbocycles. The average Bonchev–Trinajstić information content (AvgIpc) is 2.79. The second kappa shape index (κ2) is 10.2. The number of hydrogen-bond donors (Lipinski definition) is 1. The second-order valence-corrected chi connectivity index (χ2v) is 9.83. The topological polar surface area (TPSA) is 75.7 Å². The molecule has 0 aromatic heterocycles. The summed E-state index contributed by atoms with van der Waals surface area (Å²) in [6.07, 6.45) is 0. The molecule has 0 bridgehead atoms. The molecule has 1 N–H and O–H groups in total. The van der Waals surface area contributed by atoms with Crippen LogP contribution in [-0.4, -0.2) is 32.8 Å². The molecule has 0 saturated heterocycles. The molecule has 8 heteroatoms. The standard InChI is InChI=1S/C24H25ClN2O4S/c1-17(18-7-5-4-6-8-18)26-24(28)19-9-14-23(31-3)20(15-19)16-27(2)32(29,30)22-12-10-21(25)11-13-22/h4-15,17H,16H2,1-3H3,(H,26,28). The molecule has 0 radical (unpaired) electrons. The van der Waals surface area contributed by atoms with Crippen molar-refractivity contribution >= 4 is 27.5 Å². The van der Waals surface area contributed by atoms with Gasteiger partial charge >= 0.3 is 0 Å². The summed E-state index contributed by atoms with van der Waals surface area (Å²) in [6.45, 7) is 1.94. The number of carbonyl (C=O) groups excluding carboxylic acids is 1. The monoisotopic (exact) mass is 472 g/mol. The fourth-order valence-corrected chi connectivity index (χ4v) is 4.53. The fourth-order valence-electron chi connectivity index (χ4n) is 3.26. The first kappa shape index (κ1) is 23.8. The lowest BCUT2D eigenvalue weighted by Gasteiger charge is -2.20. The molecular weight excluding hydrogens is 448 g/mol. The predicted molar refractivity (Wildman–Crippen MR) is 125 cm³/mol. The molecule has 0 spiro atoms. The Morgan fingerprint density at radius 3 is 2.34 bits per heavy atom. The molecule has 3 aromatic carbocycles. The highest BCUT2D eigenvalue weighted by atomic mass is 35.5. The number of halogens is 1. The van der Waals surface area contributed by atoms with E-state index in [0.717, 1.165) is 5.56 Å². The van der Waals surface area contributed by atoms with E-state index in [2.05, 4.69) is 5.32 Å². The molecule has 0 heterocycles. The van der Waals surface area contributed by atoms with Gasteiger partial charge in [0.1, 0.15) is 5.75 Å². The third kappa shape index (κ3) is 5.48. The summed E-state index contributed by atoms with van der Waals surface area (Å²) < 4.78 is 32.5. The van der Waals surface area contributed by atoms with E-state index in [-0.39, 0.29) is 23.4 Å². The zero-order chi connectivity index (χ0) is 23.3. The number of ether oxygens (including phenoxy) is 1. The summed E-state index contributed by atoms with van der Waals surface area (Å²) in [6, 6.07) is 20.4. The maximum atomic E-state index is 12.9. The van der Waals surface area contributed by atoms with E-state index in [1.165, 1.54) is 42.7 Å². The van der Waals surface area contributed by atoms with Crippen molar-refractivity contribution < 1.29 is 17.9 Å². The molecule has 1 atom stereocenters. The molecule has 0 aliphatic heterocycles. The van der Waals surface area contributed by atoms with Crippen molar-refractivity contribution in [3.8, 4) is 5.75 Å². The van der Waals surface area contributed by atoms with Crippen molar-refractivity contribution in [2.24, 2.45) is 0 Å². The maximum Gasteiger partial charge on any atom is 0.251 e. The number of carbonyl (C=O) groups is 1. The fraction of sp³-hybridized carbons (Fsp3) is 0.208. The molecule has 32 heavy (non-hydrogen) atoms. The lowest BCUT2D eigenvalue weighted by Crippen LogP contribution is -2.28. The molecule has 1 amide bonds. The minimum atomic E-state index is -3.75. The minimum Gasteiger partial charge on any atom is -0.496 e. The zero-order valence-electron chi connectivity index (χ0n) is 18.1. The van der Waals surface area contributed by atoms with Crippen molar-refractivity contribution in [3.05, 3.63) is 94.5 Å². The van der Waals surface area contributed by atoms with Gasteiger partial charge < -0.3 is 10.1 Å². The first-order chi connectivity index (χ1) is 15.2. The van der Waals surface area contributed by atoms with Crippen molar-refractivity contribution in [1.29, 1.82) is 0 Å². The Morgan fingerprint density at radius 2 is 1.72 bits per heavy atom. The summed E-state index contributed by atoms with van der Waals surface area (Å²) in [5.74, 6) is 0.240. The van der Waals surface area contributed by atoms with Crippen LogP contribution in [0.15, 0.2) is 77.7 Å². The van der Waals surface area contributed by atoms with Gasteiger partial charge in [0.2, 0.25) is 10.0 Å². The molecule has 168 valence electrons.